The van der Waals surface area contributed by atoms with Gasteiger partial charge in [-0.15, -0.1) is 0 Å². The van der Waals surface area contributed by atoms with E-state index >= 15 is 0 Å². The first-order valence-corrected chi connectivity index (χ1v) is 10.9. The number of hydrogen-bond donors (Lipinski definition) is 1. The number of nitrogens with two attached hydrogens (primary N) is 1. The molecule has 1 aromatic heterocycles. The Hall–Kier alpha value is -4.08. The van der Waals surface area contributed by atoms with Gasteiger partial charge in [-0.05, 0) is 35.7 Å². The number of benzene rings is 2. The minimum absolute atomic E-state index is 0.0797. The molecule has 2 N–H and O–H groups in total. The van der Waals surface area contributed by atoms with Crippen LogP contribution in [-0.4, -0.2) is 40.5 Å². The first-order valence-electron chi connectivity index (χ1n) is 10.9. The van der Waals surface area contributed by atoms with Crippen LogP contribution in [0, 0.1) is 0 Å². The monoisotopic (exact) mass is 485 g/mol. The van der Waals surface area contributed by atoms with Gasteiger partial charge in [-0.1, -0.05) is 42.5 Å². The summed E-state index contributed by atoms with van der Waals surface area (Å²) in [5.41, 5.74) is 5.76. The Morgan fingerprint density at radius 2 is 1.69 bits per heavy atom. The van der Waals surface area contributed by atoms with E-state index in [2.05, 4.69) is 0 Å². The maximum Gasteiger partial charge on any atom is 0.417 e. The minimum Gasteiger partial charge on any atom is -0.461 e. The van der Waals surface area contributed by atoms with Crippen LogP contribution in [0.3, 0.4) is 0 Å². The predicted octanol–water partition coefficient (Wildman–Crippen LogP) is 4.03. The Kier molecular flexibility index (Phi) is 6.63. The molecule has 4 rings (SSSR count). The molecule has 2 heterocycles. The van der Waals surface area contributed by atoms with E-state index < -0.39 is 35.2 Å². The lowest BCUT2D eigenvalue weighted by Gasteiger charge is -2.29. The van der Waals surface area contributed by atoms with Crippen molar-refractivity contribution in [1.29, 1.82) is 0 Å². The fraction of sp³-hybridized carbons (Fsp3) is 0.240. The first-order chi connectivity index (χ1) is 16.7. The molecule has 10 heteroatoms. The van der Waals surface area contributed by atoms with Crippen LogP contribution in [0.1, 0.15) is 43.2 Å². The van der Waals surface area contributed by atoms with Crippen molar-refractivity contribution < 1.29 is 32.3 Å². The quantitative estimate of drug-likeness (QED) is 0.552. The SMILES string of the molecule is NC(=O)n1c(C(=O)OCCc2ccccc2)cc2c1CN(C(=O)c1ccccc1C(F)(F)F)CC2. The van der Waals surface area contributed by atoms with Gasteiger partial charge in [0.15, 0.2) is 0 Å². The third-order valence-electron chi connectivity index (χ3n) is 5.83. The van der Waals surface area contributed by atoms with E-state index in [1.165, 1.54) is 23.1 Å². The molecule has 7 nitrogen and oxygen atoms in total. The Balaban J connectivity index is 1.55. The molecule has 0 radical (unpaired) electrons. The third-order valence-corrected chi connectivity index (χ3v) is 5.83. The van der Waals surface area contributed by atoms with E-state index in [9.17, 15) is 27.6 Å². The molecule has 1 aliphatic rings. The molecular weight excluding hydrogens is 463 g/mol. The molecule has 0 saturated heterocycles. The number of primary amides is 1. The van der Waals surface area contributed by atoms with Gasteiger partial charge in [0.25, 0.3) is 5.91 Å². The van der Waals surface area contributed by atoms with Crippen LogP contribution >= 0.6 is 0 Å². The van der Waals surface area contributed by atoms with Crippen LogP contribution in [0.5, 0.6) is 0 Å². The average molecular weight is 485 g/mol. The van der Waals surface area contributed by atoms with E-state index in [0.717, 1.165) is 22.3 Å². The molecule has 0 bridgehead atoms. The van der Waals surface area contributed by atoms with Gasteiger partial charge in [0.1, 0.15) is 5.69 Å². The summed E-state index contributed by atoms with van der Waals surface area (Å²) in [5.74, 6) is -1.58. The number of ether oxygens (including phenoxy) is 1. The first kappa shape index (κ1) is 24.1. The fourth-order valence-corrected chi connectivity index (χ4v) is 4.15. The predicted molar refractivity (Wildman–Crippen MR) is 120 cm³/mol. The number of aromatic nitrogens is 1. The largest absolute Gasteiger partial charge is 0.461 e. The second kappa shape index (κ2) is 9.65. The van der Waals surface area contributed by atoms with Crippen molar-refractivity contribution in [2.45, 2.75) is 25.6 Å². The fourth-order valence-electron chi connectivity index (χ4n) is 4.15. The summed E-state index contributed by atoms with van der Waals surface area (Å²) in [4.78, 5) is 39.1. The number of carbonyl (C=O) groups is 3. The van der Waals surface area contributed by atoms with E-state index in [4.69, 9.17) is 10.5 Å². The molecule has 1 aliphatic heterocycles. The van der Waals surface area contributed by atoms with Gasteiger partial charge >= 0.3 is 18.2 Å². The van der Waals surface area contributed by atoms with Crippen LogP contribution in [0.2, 0.25) is 0 Å². The Bertz CT molecular complexity index is 1270. The molecule has 3 aromatic rings. The van der Waals surface area contributed by atoms with Crippen molar-refractivity contribution in [1.82, 2.24) is 9.47 Å². The lowest BCUT2D eigenvalue weighted by molar-refractivity contribution is -0.138. The zero-order valence-corrected chi connectivity index (χ0v) is 18.5. The maximum atomic E-state index is 13.4. The molecule has 182 valence electrons. The molecule has 0 spiro atoms. The van der Waals surface area contributed by atoms with Crippen LogP contribution in [0.25, 0.3) is 0 Å². The molecule has 0 unspecified atom stereocenters. The normalized spacial score (nSPS) is 13.3. The smallest absolute Gasteiger partial charge is 0.417 e. The van der Waals surface area contributed by atoms with Gasteiger partial charge < -0.3 is 15.4 Å². The van der Waals surface area contributed by atoms with Crippen molar-refractivity contribution in [3.05, 3.63) is 94.3 Å². The topological polar surface area (TPSA) is 94.6 Å². The summed E-state index contributed by atoms with van der Waals surface area (Å²) in [6.07, 6.45) is -3.98. The van der Waals surface area contributed by atoms with Gasteiger partial charge in [0, 0.05) is 13.0 Å². The highest BCUT2D eigenvalue weighted by Gasteiger charge is 2.37. The summed E-state index contributed by atoms with van der Waals surface area (Å²) >= 11 is 0. The Morgan fingerprint density at radius 3 is 2.37 bits per heavy atom. The molecular formula is C25H22F3N3O4. The van der Waals surface area contributed by atoms with Crippen molar-refractivity contribution in [3.8, 4) is 0 Å². The van der Waals surface area contributed by atoms with Crippen molar-refractivity contribution in [3.63, 3.8) is 0 Å². The number of nitrogens with zero attached hydrogens (tertiary/aromatic N) is 2. The molecule has 35 heavy (non-hydrogen) atoms. The second-order valence-electron chi connectivity index (χ2n) is 8.07. The highest BCUT2D eigenvalue weighted by Crippen LogP contribution is 2.33. The second-order valence-corrected chi connectivity index (χ2v) is 8.07. The Morgan fingerprint density at radius 1 is 1.00 bits per heavy atom. The zero-order valence-electron chi connectivity index (χ0n) is 18.5. The van der Waals surface area contributed by atoms with E-state index in [0.29, 0.717) is 12.0 Å². The van der Waals surface area contributed by atoms with Gasteiger partial charge in [0.2, 0.25) is 0 Å². The molecule has 2 aromatic carbocycles. The third kappa shape index (κ3) is 5.06. The van der Waals surface area contributed by atoms with E-state index in [1.54, 1.807) is 0 Å². The summed E-state index contributed by atoms with van der Waals surface area (Å²) in [6.45, 7) is 0.0141. The van der Waals surface area contributed by atoms with Crippen molar-refractivity contribution >= 4 is 17.9 Å². The summed E-state index contributed by atoms with van der Waals surface area (Å²) in [5, 5.41) is 0. The number of esters is 1. The minimum atomic E-state index is -4.70. The zero-order chi connectivity index (χ0) is 25.2. The summed E-state index contributed by atoms with van der Waals surface area (Å²) in [7, 11) is 0. The van der Waals surface area contributed by atoms with Gasteiger partial charge in [-0.3, -0.25) is 9.36 Å². The molecule has 0 aliphatic carbocycles. The standard InChI is InChI=1S/C25H22F3N3O4/c26-25(27,28)19-9-5-4-8-18(19)22(32)30-12-10-17-14-20(31(24(29)34)21(17)15-30)23(33)35-13-11-16-6-2-1-3-7-16/h1-9,14H,10-13,15H2,(H2,29,34). The van der Waals surface area contributed by atoms with Crippen molar-refractivity contribution in [2.24, 2.45) is 5.73 Å². The lowest BCUT2D eigenvalue weighted by Crippen LogP contribution is -2.39. The Labute approximate surface area is 198 Å². The number of hydrogen-bond acceptors (Lipinski definition) is 4. The molecule has 0 fully saturated rings. The van der Waals surface area contributed by atoms with Crippen LogP contribution < -0.4 is 5.73 Å². The van der Waals surface area contributed by atoms with Crippen LogP contribution in [-0.2, 0) is 30.3 Å². The average Bonchev–Trinajstić information content (AvgIpc) is 3.23. The number of alkyl halides is 3. The van der Waals surface area contributed by atoms with E-state index in [-0.39, 0.29) is 37.5 Å². The van der Waals surface area contributed by atoms with Crippen LogP contribution in [0.4, 0.5) is 18.0 Å². The van der Waals surface area contributed by atoms with Crippen LogP contribution in [0.15, 0.2) is 60.7 Å². The molecule has 0 saturated carbocycles. The number of amides is 2. The summed E-state index contributed by atoms with van der Waals surface area (Å²) < 4.78 is 46.5. The number of carbonyl (C=O) groups excluding carboxylic acids is 3. The molecule has 2 amide bonds. The number of halogens is 3. The van der Waals surface area contributed by atoms with Gasteiger partial charge in [0.05, 0.1) is 30.0 Å². The highest BCUT2D eigenvalue weighted by atomic mass is 19.4. The van der Waals surface area contributed by atoms with Gasteiger partial charge in [-0.2, -0.15) is 13.2 Å². The van der Waals surface area contributed by atoms with Gasteiger partial charge in [-0.25, -0.2) is 9.59 Å². The number of rotatable bonds is 5. The van der Waals surface area contributed by atoms with Crippen molar-refractivity contribution in [2.75, 3.05) is 13.2 Å². The molecule has 0 atom stereocenters. The highest BCUT2D eigenvalue weighted by molar-refractivity contribution is 5.97. The summed E-state index contributed by atoms with van der Waals surface area (Å²) in [6, 6.07) is 14.4. The van der Waals surface area contributed by atoms with E-state index in [1.807, 2.05) is 30.3 Å². The maximum absolute atomic E-state index is 13.4. The lowest BCUT2D eigenvalue weighted by atomic mass is 10.0. The number of fused-ring (bicyclic) bond motifs is 1.